The number of hydrogen-bond acceptors (Lipinski definition) is 2. The van der Waals surface area contributed by atoms with Crippen molar-refractivity contribution in [1.29, 1.82) is 0 Å². The molecule has 2 N–H and O–H groups in total. The van der Waals surface area contributed by atoms with Crippen LogP contribution in [0.15, 0.2) is 23.1 Å². The third-order valence-corrected chi connectivity index (χ3v) is 3.17. The Morgan fingerprint density at radius 2 is 1.94 bits per heavy atom. The molecule has 0 saturated heterocycles. The Bertz CT molecular complexity index is 405. The second kappa shape index (κ2) is 4.82. The van der Waals surface area contributed by atoms with Crippen molar-refractivity contribution in [3.05, 3.63) is 24.0 Å². The standard InChI is InChI=1S/C9H9F4NOS/c10-7-5-6(14)1-2-8(7)16(15)4-3-9(11,12)13/h1-2,5H,3-4,14H2. The summed E-state index contributed by atoms with van der Waals surface area (Å²) in [5.74, 6) is -1.50. The lowest BCUT2D eigenvalue weighted by molar-refractivity contribution is -0.129. The minimum absolute atomic E-state index is 0.133. The molecule has 16 heavy (non-hydrogen) atoms. The molecule has 0 aliphatic carbocycles. The van der Waals surface area contributed by atoms with Crippen LogP contribution in [0.25, 0.3) is 0 Å². The van der Waals surface area contributed by atoms with Crippen molar-refractivity contribution in [2.24, 2.45) is 0 Å². The third-order valence-electron chi connectivity index (χ3n) is 1.77. The van der Waals surface area contributed by atoms with E-state index in [0.29, 0.717) is 0 Å². The van der Waals surface area contributed by atoms with Gasteiger partial charge in [-0.15, -0.1) is 0 Å². The van der Waals surface area contributed by atoms with Crippen LogP contribution >= 0.6 is 0 Å². The van der Waals surface area contributed by atoms with E-state index in [9.17, 15) is 21.8 Å². The predicted molar refractivity (Wildman–Crippen MR) is 52.8 cm³/mol. The van der Waals surface area contributed by atoms with Gasteiger partial charge in [0.2, 0.25) is 0 Å². The monoisotopic (exact) mass is 255 g/mol. The lowest BCUT2D eigenvalue weighted by atomic mass is 10.3. The first-order chi connectivity index (χ1) is 7.29. The van der Waals surface area contributed by atoms with E-state index in [1.54, 1.807) is 0 Å². The number of hydrogen-bond donors (Lipinski definition) is 1. The van der Waals surface area contributed by atoms with Gasteiger partial charge in [-0.25, -0.2) is 4.39 Å². The van der Waals surface area contributed by atoms with E-state index < -0.39 is 35.0 Å². The molecule has 0 fully saturated rings. The van der Waals surface area contributed by atoms with E-state index in [0.717, 1.165) is 12.1 Å². The van der Waals surface area contributed by atoms with Gasteiger partial charge in [-0.05, 0) is 18.2 Å². The minimum Gasteiger partial charge on any atom is -0.399 e. The van der Waals surface area contributed by atoms with Gasteiger partial charge in [0.05, 0.1) is 22.1 Å². The van der Waals surface area contributed by atoms with Crippen LogP contribution in [0.2, 0.25) is 0 Å². The van der Waals surface area contributed by atoms with Crippen LogP contribution in [0.5, 0.6) is 0 Å². The van der Waals surface area contributed by atoms with Gasteiger partial charge in [0.25, 0.3) is 0 Å². The smallest absolute Gasteiger partial charge is 0.390 e. The molecule has 0 aliphatic heterocycles. The molecule has 7 heteroatoms. The summed E-state index contributed by atoms with van der Waals surface area (Å²) < 4.78 is 60.1. The number of anilines is 1. The molecular weight excluding hydrogens is 246 g/mol. The van der Waals surface area contributed by atoms with Crippen LogP contribution in [-0.2, 0) is 10.8 Å². The molecule has 2 nitrogen and oxygen atoms in total. The van der Waals surface area contributed by atoms with Gasteiger partial charge < -0.3 is 5.73 Å². The van der Waals surface area contributed by atoms with Crippen molar-refractivity contribution in [1.82, 2.24) is 0 Å². The van der Waals surface area contributed by atoms with E-state index in [1.165, 1.54) is 6.07 Å². The molecule has 1 atom stereocenters. The molecule has 0 bridgehead atoms. The highest BCUT2D eigenvalue weighted by molar-refractivity contribution is 7.85. The normalized spacial score (nSPS) is 13.8. The first-order valence-corrected chi connectivity index (χ1v) is 5.61. The Hall–Kier alpha value is -1.11. The highest BCUT2D eigenvalue weighted by Gasteiger charge is 2.28. The molecule has 0 aliphatic rings. The van der Waals surface area contributed by atoms with Gasteiger partial charge in [-0.1, -0.05) is 0 Å². The van der Waals surface area contributed by atoms with Gasteiger partial charge >= 0.3 is 6.18 Å². The van der Waals surface area contributed by atoms with Crippen molar-refractivity contribution in [2.45, 2.75) is 17.5 Å². The summed E-state index contributed by atoms with van der Waals surface area (Å²) in [6, 6.07) is 3.36. The zero-order valence-electron chi connectivity index (χ0n) is 8.05. The third kappa shape index (κ3) is 3.80. The highest BCUT2D eigenvalue weighted by atomic mass is 32.2. The maximum atomic E-state index is 13.2. The van der Waals surface area contributed by atoms with Crippen molar-refractivity contribution in [3.8, 4) is 0 Å². The fourth-order valence-electron chi connectivity index (χ4n) is 1.02. The topological polar surface area (TPSA) is 43.1 Å². The lowest BCUT2D eigenvalue weighted by Crippen LogP contribution is -2.13. The Kier molecular flexibility index (Phi) is 3.90. The molecule has 1 aromatic rings. The lowest BCUT2D eigenvalue weighted by Gasteiger charge is -2.07. The highest BCUT2D eigenvalue weighted by Crippen LogP contribution is 2.22. The molecule has 1 unspecified atom stereocenters. The van der Waals surface area contributed by atoms with Crippen molar-refractivity contribution >= 4 is 16.5 Å². The molecule has 0 radical (unpaired) electrons. The van der Waals surface area contributed by atoms with E-state index in [-0.39, 0.29) is 10.6 Å². The number of benzene rings is 1. The average Bonchev–Trinajstić information content (AvgIpc) is 2.13. The van der Waals surface area contributed by atoms with E-state index in [4.69, 9.17) is 5.73 Å². The van der Waals surface area contributed by atoms with Crippen molar-refractivity contribution < 1.29 is 21.8 Å². The average molecular weight is 255 g/mol. The van der Waals surface area contributed by atoms with Crippen LogP contribution < -0.4 is 5.73 Å². The molecule has 90 valence electrons. The fraction of sp³-hybridized carbons (Fsp3) is 0.333. The van der Waals surface area contributed by atoms with E-state index >= 15 is 0 Å². The first kappa shape index (κ1) is 13.0. The van der Waals surface area contributed by atoms with Gasteiger partial charge in [-0.2, -0.15) is 13.2 Å². The van der Waals surface area contributed by atoms with Gasteiger partial charge in [-0.3, -0.25) is 4.21 Å². The summed E-state index contributed by atoms with van der Waals surface area (Å²) >= 11 is 0. The summed E-state index contributed by atoms with van der Waals surface area (Å²) in [5.41, 5.74) is 5.39. The molecule has 1 rings (SSSR count). The molecule has 0 amide bonds. The van der Waals surface area contributed by atoms with E-state index in [1.807, 2.05) is 0 Å². The van der Waals surface area contributed by atoms with Gasteiger partial charge in [0.15, 0.2) is 0 Å². The summed E-state index contributed by atoms with van der Waals surface area (Å²) in [4.78, 5) is -0.251. The maximum absolute atomic E-state index is 13.2. The second-order valence-corrected chi connectivity index (χ2v) is 4.64. The van der Waals surface area contributed by atoms with Gasteiger partial charge in [0.1, 0.15) is 5.82 Å². The number of rotatable bonds is 3. The van der Waals surface area contributed by atoms with Gasteiger partial charge in [0, 0.05) is 11.4 Å². The molecule has 1 aromatic carbocycles. The summed E-state index contributed by atoms with van der Waals surface area (Å²) in [6.07, 6.45) is -5.59. The molecule has 0 heterocycles. The quantitative estimate of drug-likeness (QED) is 0.666. The number of nitrogen functional groups attached to an aromatic ring is 1. The number of halogens is 4. The van der Waals surface area contributed by atoms with E-state index in [2.05, 4.69) is 0 Å². The van der Waals surface area contributed by atoms with Crippen LogP contribution in [-0.4, -0.2) is 16.1 Å². The first-order valence-electron chi connectivity index (χ1n) is 4.30. The zero-order valence-corrected chi connectivity index (χ0v) is 8.87. The Morgan fingerprint density at radius 3 is 2.44 bits per heavy atom. The Labute approximate surface area is 91.9 Å². The second-order valence-electron chi connectivity index (χ2n) is 3.10. The summed E-state index contributed by atoms with van der Waals surface area (Å²) in [5, 5.41) is 0. The minimum atomic E-state index is -4.39. The summed E-state index contributed by atoms with van der Waals surface area (Å²) in [7, 11) is -2.00. The molecule has 0 aromatic heterocycles. The molecule has 0 saturated carbocycles. The predicted octanol–water partition coefficient (Wildman–Crippen LogP) is 2.47. The fourth-order valence-corrected chi connectivity index (χ4v) is 2.15. The SMILES string of the molecule is Nc1ccc(S(=O)CCC(F)(F)F)c(F)c1. The van der Waals surface area contributed by atoms with Crippen LogP contribution in [0.1, 0.15) is 6.42 Å². The molecule has 0 spiro atoms. The van der Waals surface area contributed by atoms with Crippen LogP contribution in [0, 0.1) is 5.82 Å². The Balaban J connectivity index is 2.74. The van der Waals surface area contributed by atoms with Crippen molar-refractivity contribution in [2.75, 3.05) is 11.5 Å². The maximum Gasteiger partial charge on any atom is 0.390 e. The zero-order chi connectivity index (χ0) is 12.3. The Morgan fingerprint density at radius 1 is 1.31 bits per heavy atom. The van der Waals surface area contributed by atoms with Crippen LogP contribution in [0.3, 0.4) is 0 Å². The number of nitrogens with two attached hydrogens (primary N) is 1. The number of alkyl halides is 3. The largest absolute Gasteiger partial charge is 0.399 e. The van der Waals surface area contributed by atoms with Crippen LogP contribution in [0.4, 0.5) is 23.2 Å². The van der Waals surface area contributed by atoms with Crippen molar-refractivity contribution in [3.63, 3.8) is 0 Å². The summed E-state index contributed by atoms with van der Waals surface area (Å²) in [6.45, 7) is 0. The molecular formula is C9H9F4NOS.